The van der Waals surface area contributed by atoms with Gasteiger partial charge in [-0.2, -0.15) is 0 Å². The molecule has 1 saturated heterocycles. The Morgan fingerprint density at radius 2 is 1.45 bits per heavy atom. The van der Waals surface area contributed by atoms with Crippen LogP contribution in [0.2, 0.25) is 0 Å². The molecule has 5 fully saturated rings. The van der Waals surface area contributed by atoms with Gasteiger partial charge in [0.25, 0.3) is 0 Å². The third-order valence-corrected chi connectivity index (χ3v) is 15.5. The van der Waals surface area contributed by atoms with Crippen molar-refractivity contribution in [1.29, 1.82) is 0 Å². The topological polar surface area (TPSA) is 145 Å². The normalized spacial score (nSPS) is 52.8. The second kappa shape index (κ2) is 10.0. The van der Waals surface area contributed by atoms with Crippen LogP contribution in [0.25, 0.3) is 0 Å². The number of carboxylic acids is 2. The van der Waals surface area contributed by atoms with E-state index in [1.54, 1.807) is 0 Å². The highest BCUT2D eigenvalue weighted by molar-refractivity contribution is 5.76. The van der Waals surface area contributed by atoms with E-state index in [1.807, 2.05) is 0 Å². The minimum absolute atomic E-state index is 0.00480. The van der Waals surface area contributed by atoms with Gasteiger partial charge in [0.05, 0.1) is 11.5 Å². The summed E-state index contributed by atoms with van der Waals surface area (Å²) in [6, 6.07) is 0. The Kier molecular flexibility index (Phi) is 7.39. The van der Waals surface area contributed by atoms with Crippen LogP contribution >= 0.6 is 0 Å². The first-order valence-corrected chi connectivity index (χ1v) is 17.1. The summed E-state index contributed by atoms with van der Waals surface area (Å²) in [6.45, 7) is 16.4. The molecular formula is C36H56O8. The number of hydrogen-bond acceptors (Lipinski definition) is 6. The lowest BCUT2D eigenvalue weighted by Crippen LogP contribution is -2.67. The number of rotatable bonds is 3. The number of fused-ring (bicyclic) bond motifs is 7. The van der Waals surface area contributed by atoms with Crippen LogP contribution in [0.1, 0.15) is 113 Å². The summed E-state index contributed by atoms with van der Waals surface area (Å²) >= 11 is 0. The molecule has 13 atom stereocenters. The smallest absolute Gasteiger partial charge is 0.335 e. The molecule has 5 aliphatic carbocycles. The second-order valence-corrected chi connectivity index (χ2v) is 18.0. The Balaban J connectivity index is 1.34. The van der Waals surface area contributed by atoms with Gasteiger partial charge >= 0.3 is 11.9 Å². The van der Waals surface area contributed by atoms with E-state index < -0.39 is 47.9 Å². The van der Waals surface area contributed by atoms with E-state index in [1.165, 1.54) is 5.57 Å². The summed E-state index contributed by atoms with van der Waals surface area (Å²) in [5.74, 6) is -1.34. The summed E-state index contributed by atoms with van der Waals surface area (Å²) in [5, 5.41) is 52.3. The van der Waals surface area contributed by atoms with E-state index in [2.05, 4.69) is 54.5 Å². The molecule has 5 N–H and O–H groups in total. The van der Waals surface area contributed by atoms with E-state index in [0.29, 0.717) is 11.8 Å². The first-order valence-electron chi connectivity index (χ1n) is 17.1. The third-order valence-electron chi connectivity index (χ3n) is 15.5. The quantitative estimate of drug-likeness (QED) is 0.264. The summed E-state index contributed by atoms with van der Waals surface area (Å²) < 4.78 is 5.92. The fraction of sp³-hybridized carbons (Fsp3) is 0.889. The standard InChI is InChI=1S/C36H56O8/c1-31(2)14-16-36(30(42)43)17-15-34(6)19(21(36)18-31)8-9-23-33(5)12-10-20(32(3,4)22(33)11-13-35(23,34)7)27-25(38)24(37)26(39)28(44-27)29(40)41/h8,20-28,37-39H,9-18H2,1-7H3,(H,40,41)(H,42,43)/t20-,21?,22?,23?,24?,25-,26-,27-,28?,33-,34+,35+,36-/m0/s1. The molecule has 4 saturated carbocycles. The zero-order chi connectivity index (χ0) is 32.4. The zero-order valence-electron chi connectivity index (χ0n) is 27.8. The highest BCUT2D eigenvalue weighted by Gasteiger charge is 2.70. The molecule has 0 aromatic heterocycles. The van der Waals surface area contributed by atoms with Gasteiger partial charge in [0.15, 0.2) is 6.10 Å². The first kappa shape index (κ1) is 32.5. The molecule has 1 heterocycles. The lowest BCUT2D eigenvalue weighted by atomic mass is 9.33. The van der Waals surface area contributed by atoms with Gasteiger partial charge in [-0.15, -0.1) is 0 Å². The molecule has 0 spiro atoms. The lowest BCUT2D eigenvalue weighted by molar-refractivity contribution is -0.264. The van der Waals surface area contributed by atoms with E-state index in [9.17, 15) is 35.1 Å². The number of allylic oxidation sites excluding steroid dienone is 2. The Hall–Kier alpha value is -1.48. The monoisotopic (exact) mass is 616 g/mol. The zero-order valence-corrected chi connectivity index (χ0v) is 27.8. The summed E-state index contributed by atoms with van der Waals surface area (Å²) in [4.78, 5) is 24.8. The van der Waals surface area contributed by atoms with Crippen molar-refractivity contribution in [2.45, 2.75) is 143 Å². The summed E-state index contributed by atoms with van der Waals surface area (Å²) in [5.41, 5.74) is 0.522. The average Bonchev–Trinajstić information content (AvgIpc) is 2.92. The minimum atomic E-state index is -1.68. The number of aliphatic hydroxyl groups is 3. The van der Waals surface area contributed by atoms with Crippen LogP contribution in [0.4, 0.5) is 0 Å². The molecule has 0 amide bonds. The lowest BCUT2D eigenvalue weighted by Gasteiger charge is -2.71. The van der Waals surface area contributed by atoms with E-state index >= 15 is 0 Å². The number of carbonyl (C=O) groups is 2. The highest BCUT2D eigenvalue weighted by atomic mass is 16.6. The van der Waals surface area contributed by atoms with Crippen LogP contribution in [0.3, 0.4) is 0 Å². The molecule has 8 heteroatoms. The van der Waals surface area contributed by atoms with Crippen LogP contribution in [-0.4, -0.2) is 68.0 Å². The van der Waals surface area contributed by atoms with Crippen molar-refractivity contribution in [3.8, 4) is 0 Å². The van der Waals surface area contributed by atoms with Crippen molar-refractivity contribution in [2.75, 3.05) is 0 Å². The van der Waals surface area contributed by atoms with Crippen molar-refractivity contribution in [3.63, 3.8) is 0 Å². The van der Waals surface area contributed by atoms with Crippen molar-refractivity contribution < 1.29 is 39.9 Å². The molecule has 248 valence electrons. The Morgan fingerprint density at radius 3 is 2.09 bits per heavy atom. The van der Waals surface area contributed by atoms with Gasteiger partial charge in [0.1, 0.15) is 18.3 Å². The van der Waals surface area contributed by atoms with Crippen molar-refractivity contribution in [1.82, 2.24) is 0 Å². The van der Waals surface area contributed by atoms with Crippen LogP contribution in [-0.2, 0) is 14.3 Å². The number of ether oxygens (including phenoxy) is 1. The molecule has 0 radical (unpaired) electrons. The molecule has 6 rings (SSSR count). The molecule has 0 aromatic carbocycles. The van der Waals surface area contributed by atoms with Gasteiger partial charge in [0.2, 0.25) is 0 Å². The Morgan fingerprint density at radius 1 is 0.795 bits per heavy atom. The van der Waals surface area contributed by atoms with Crippen molar-refractivity contribution in [3.05, 3.63) is 11.6 Å². The number of carboxylic acid groups (broad SMARTS) is 2. The molecule has 5 unspecified atom stereocenters. The molecule has 0 bridgehead atoms. The van der Waals surface area contributed by atoms with Gasteiger partial charge in [-0.05, 0) is 115 Å². The van der Waals surface area contributed by atoms with E-state index in [0.717, 1.165) is 64.2 Å². The van der Waals surface area contributed by atoms with Crippen LogP contribution in [0, 0.1) is 56.2 Å². The molecule has 6 aliphatic rings. The highest BCUT2D eigenvalue weighted by Crippen LogP contribution is 2.76. The van der Waals surface area contributed by atoms with E-state index in [-0.39, 0.29) is 38.9 Å². The predicted octanol–water partition coefficient (Wildman–Crippen LogP) is 5.42. The molecule has 1 aliphatic heterocycles. The maximum absolute atomic E-state index is 12.9. The third kappa shape index (κ3) is 4.15. The molecular weight excluding hydrogens is 560 g/mol. The van der Waals surface area contributed by atoms with Crippen molar-refractivity contribution >= 4 is 11.9 Å². The molecule has 0 aromatic rings. The van der Waals surface area contributed by atoms with Gasteiger partial charge in [0, 0.05) is 0 Å². The molecule has 8 nitrogen and oxygen atoms in total. The Bertz CT molecular complexity index is 1240. The molecule has 44 heavy (non-hydrogen) atoms. The van der Waals surface area contributed by atoms with Crippen LogP contribution in [0.5, 0.6) is 0 Å². The fourth-order valence-electron chi connectivity index (χ4n) is 12.7. The van der Waals surface area contributed by atoms with Gasteiger partial charge in [-0.3, -0.25) is 4.79 Å². The van der Waals surface area contributed by atoms with E-state index in [4.69, 9.17) is 4.74 Å². The predicted molar refractivity (Wildman–Crippen MR) is 164 cm³/mol. The minimum Gasteiger partial charge on any atom is -0.481 e. The number of aliphatic carboxylic acids is 2. The van der Waals surface area contributed by atoms with Gasteiger partial charge in [-0.25, -0.2) is 4.79 Å². The second-order valence-electron chi connectivity index (χ2n) is 18.0. The van der Waals surface area contributed by atoms with Crippen molar-refractivity contribution in [2.24, 2.45) is 56.2 Å². The van der Waals surface area contributed by atoms with Gasteiger partial charge in [-0.1, -0.05) is 60.1 Å². The van der Waals surface area contributed by atoms with Crippen LogP contribution < -0.4 is 0 Å². The fourth-order valence-corrected chi connectivity index (χ4v) is 12.7. The Labute approximate surface area is 262 Å². The average molecular weight is 617 g/mol. The van der Waals surface area contributed by atoms with Gasteiger partial charge < -0.3 is 30.3 Å². The summed E-state index contributed by atoms with van der Waals surface area (Å²) in [7, 11) is 0. The maximum Gasteiger partial charge on any atom is 0.335 e. The number of aliphatic hydroxyl groups excluding tert-OH is 3. The largest absolute Gasteiger partial charge is 0.481 e. The SMILES string of the molecule is CC1(C)CC[C@]2(C(=O)O)CC[C@]3(C)C(=CCC4[C@@]5(C)CC[C@@H]([C@@H]6OC(C(=O)O)[C@@H](O)C(O)[C@@H]6O)C(C)(C)C5CC[C@]43C)C2C1. The first-order chi connectivity index (χ1) is 20.3. The maximum atomic E-state index is 12.9. The summed E-state index contributed by atoms with van der Waals surface area (Å²) in [6.07, 6.45) is 4.29. The number of hydrogen-bond donors (Lipinski definition) is 5. The van der Waals surface area contributed by atoms with Crippen LogP contribution in [0.15, 0.2) is 11.6 Å².